The molecule has 8 nitrogen and oxygen atoms in total. The van der Waals surface area contributed by atoms with Crippen molar-refractivity contribution in [3.8, 4) is 5.82 Å². The first-order chi connectivity index (χ1) is 13.0. The molecule has 27 heavy (non-hydrogen) atoms. The second-order valence-electron chi connectivity index (χ2n) is 7.02. The lowest BCUT2D eigenvalue weighted by Gasteiger charge is -2.33. The standard InChI is InChI=1S/C19H26N6O2/c1-14(2)18(26)24-11-6-16(7-12-24)23-19(27)21-13-15-5-3-8-20-17(15)25-10-4-9-22-25/h3-5,8-10,14,16H,6-7,11-13H2,1-2H3,(H2,21,23,27). The van der Waals surface area contributed by atoms with Crippen LogP contribution in [0.25, 0.3) is 5.82 Å². The normalized spacial score (nSPS) is 15.0. The van der Waals surface area contributed by atoms with Gasteiger partial charge in [-0.05, 0) is 25.0 Å². The van der Waals surface area contributed by atoms with Crippen LogP contribution in [0.15, 0.2) is 36.8 Å². The molecule has 3 rings (SSSR count). The fourth-order valence-corrected chi connectivity index (χ4v) is 3.19. The smallest absolute Gasteiger partial charge is 0.315 e. The Balaban J connectivity index is 1.48. The van der Waals surface area contributed by atoms with Gasteiger partial charge < -0.3 is 15.5 Å². The fraction of sp³-hybridized carbons (Fsp3) is 0.474. The lowest BCUT2D eigenvalue weighted by molar-refractivity contribution is -0.135. The van der Waals surface area contributed by atoms with Gasteiger partial charge in [-0.1, -0.05) is 19.9 Å². The summed E-state index contributed by atoms with van der Waals surface area (Å²) in [5.74, 6) is 0.894. The summed E-state index contributed by atoms with van der Waals surface area (Å²) in [5, 5.41) is 10.1. The molecule has 144 valence electrons. The molecule has 0 aliphatic carbocycles. The highest BCUT2D eigenvalue weighted by atomic mass is 16.2. The fourth-order valence-electron chi connectivity index (χ4n) is 3.19. The molecular weight excluding hydrogens is 344 g/mol. The number of hydrogen-bond donors (Lipinski definition) is 2. The summed E-state index contributed by atoms with van der Waals surface area (Å²) in [6.45, 7) is 5.56. The number of carbonyl (C=O) groups is 2. The summed E-state index contributed by atoms with van der Waals surface area (Å²) >= 11 is 0. The molecule has 1 fully saturated rings. The Morgan fingerprint density at radius 3 is 2.67 bits per heavy atom. The average molecular weight is 370 g/mol. The minimum atomic E-state index is -0.209. The molecule has 1 aliphatic rings. The average Bonchev–Trinajstić information content (AvgIpc) is 3.21. The van der Waals surface area contributed by atoms with Crippen LogP contribution in [0.5, 0.6) is 0 Å². The number of rotatable bonds is 5. The maximum Gasteiger partial charge on any atom is 0.315 e. The third kappa shape index (κ3) is 4.84. The molecule has 1 saturated heterocycles. The maximum absolute atomic E-state index is 12.3. The van der Waals surface area contributed by atoms with E-state index in [1.54, 1.807) is 17.1 Å². The molecule has 0 bridgehead atoms. The van der Waals surface area contributed by atoms with Gasteiger partial charge in [0.15, 0.2) is 5.82 Å². The summed E-state index contributed by atoms with van der Waals surface area (Å²) in [5.41, 5.74) is 0.883. The zero-order chi connectivity index (χ0) is 19.2. The van der Waals surface area contributed by atoms with Gasteiger partial charge in [0.25, 0.3) is 0 Å². The van der Waals surface area contributed by atoms with E-state index in [4.69, 9.17) is 0 Å². The van der Waals surface area contributed by atoms with Crippen LogP contribution in [0.2, 0.25) is 0 Å². The number of likely N-dealkylation sites (tertiary alicyclic amines) is 1. The lowest BCUT2D eigenvalue weighted by atomic mass is 10.0. The third-order valence-corrected chi connectivity index (χ3v) is 4.66. The first-order valence-corrected chi connectivity index (χ1v) is 9.31. The molecule has 3 heterocycles. The Hall–Kier alpha value is -2.90. The minimum Gasteiger partial charge on any atom is -0.342 e. The third-order valence-electron chi connectivity index (χ3n) is 4.66. The number of amides is 3. The molecule has 1 aliphatic heterocycles. The number of nitrogens with one attached hydrogen (secondary N) is 2. The molecule has 2 aromatic rings. The largest absolute Gasteiger partial charge is 0.342 e. The van der Waals surface area contributed by atoms with Crippen molar-refractivity contribution >= 4 is 11.9 Å². The van der Waals surface area contributed by atoms with Gasteiger partial charge in [0.05, 0.1) is 0 Å². The monoisotopic (exact) mass is 370 g/mol. The zero-order valence-corrected chi connectivity index (χ0v) is 15.8. The van der Waals surface area contributed by atoms with Gasteiger partial charge in [0.2, 0.25) is 5.91 Å². The Kier molecular flexibility index (Phi) is 6.05. The second-order valence-corrected chi connectivity index (χ2v) is 7.02. The first-order valence-electron chi connectivity index (χ1n) is 9.31. The Morgan fingerprint density at radius 1 is 1.22 bits per heavy atom. The van der Waals surface area contributed by atoms with Crippen LogP contribution >= 0.6 is 0 Å². The first kappa shape index (κ1) is 18.9. The summed E-state index contributed by atoms with van der Waals surface area (Å²) in [6.07, 6.45) is 6.76. The van der Waals surface area contributed by atoms with Gasteiger partial charge in [0, 0.05) is 55.7 Å². The summed E-state index contributed by atoms with van der Waals surface area (Å²) < 4.78 is 1.68. The number of nitrogens with zero attached hydrogens (tertiary/aromatic N) is 4. The van der Waals surface area contributed by atoms with Crippen LogP contribution in [-0.4, -0.2) is 50.7 Å². The van der Waals surface area contributed by atoms with E-state index in [1.807, 2.05) is 43.1 Å². The van der Waals surface area contributed by atoms with E-state index < -0.39 is 0 Å². The van der Waals surface area contributed by atoms with Gasteiger partial charge in [-0.25, -0.2) is 14.5 Å². The molecular formula is C19H26N6O2. The van der Waals surface area contributed by atoms with Gasteiger partial charge in [-0.15, -0.1) is 0 Å². The van der Waals surface area contributed by atoms with Crippen molar-refractivity contribution in [2.45, 2.75) is 39.3 Å². The molecule has 0 aromatic carbocycles. The molecule has 0 saturated carbocycles. The van der Waals surface area contributed by atoms with Crippen molar-refractivity contribution in [2.24, 2.45) is 5.92 Å². The number of carbonyl (C=O) groups excluding carboxylic acids is 2. The number of urea groups is 1. The van der Waals surface area contributed by atoms with Crippen molar-refractivity contribution in [3.63, 3.8) is 0 Å². The van der Waals surface area contributed by atoms with Crippen molar-refractivity contribution in [2.75, 3.05) is 13.1 Å². The Bertz CT molecular complexity index is 766. The molecule has 2 N–H and O–H groups in total. The van der Waals surface area contributed by atoms with Gasteiger partial charge in [-0.2, -0.15) is 5.10 Å². The summed E-state index contributed by atoms with van der Waals surface area (Å²) in [4.78, 5) is 30.5. The van der Waals surface area contributed by atoms with Crippen LogP contribution in [0.4, 0.5) is 4.79 Å². The molecule has 0 unspecified atom stereocenters. The number of pyridine rings is 1. The van der Waals surface area contributed by atoms with Crippen molar-refractivity contribution in [1.29, 1.82) is 0 Å². The van der Waals surface area contributed by atoms with Crippen LogP contribution in [0, 0.1) is 5.92 Å². The van der Waals surface area contributed by atoms with E-state index in [0.717, 1.165) is 18.4 Å². The molecule has 2 aromatic heterocycles. The van der Waals surface area contributed by atoms with Crippen molar-refractivity contribution in [3.05, 3.63) is 42.4 Å². The number of piperidine rings is 1. The minimum absolute atomic E-state index is 0.0151. The highest BCUT2D eigenvalue weighted by Crippen LogP contribution is 2.13. The molecule has 8 heteroatoms. The van der Waals surface area contributed by atoms with E-state index in [0.29, 0.717) is 25.5 Å². The zero-order valence-electron chi connectivity index (χ0n) is 15.8. The van der Waals surface area contributed by atoms with E-state index in [-0.39, 0.29) is 23.9 Å². The van der Waals surface area contributed by atoms with Crippen LogP contribution in [0.3, 0.4) is 0 Å². The van der Waals surface area contributed by atoms with Crippen LogP contribution in [0.1, 0.15) is 32.3 Å². The van der Waals surface area contributed by atoms with Gasteiger partial charge in [-0.3, -0.25) is 4.79 Å². The van der Waals surface area contributed by atoms with Crippen molar-refractivity contribution in [1.82, 2.24) is 30.3 Å². The maximum atomic E-state index is 12.3. The Morgan fingerprint density at radius 2 is 2.00 bits per heavy atom. The number of aromatic nitrogens is 3. The van der Waals surface area contributed by atoms with Gasteiger partial charge in [0.1, 0.15) is 0 Å². The molecule has 0 spiro atoms. The lowest BCUT2D eigenvalue weighted by Crippen LogP contribution is -2.49. The van der Waals surface area contributed by atoms with E-state index in [2.05, 4.69) is 20.7 Å². The molecule has 3 amide bonds. The highest BCUT2D eigenvalue weighted by Gasteiger charge is 2.25. The van der Waals surface area contributed by atoms with E-state index in [1.165, 1.54) is 0 Å². The molecule has 0 atom stereocenters. The van der Waals surface area contributed by atoms with Crippen LogP contribution < -0.4 is 10.6 Å². The summed E-state index contributed by atoms with van der Waals surface area (Å²) in [7, 11) is 0. The van der Waals surface area contributed by atoms with E-state index >= 15 is 0 Å². The van der Waals surface area contributed by atoms with Crippen LogP contribution in [-0.2, 0) is 11.3 Å². The number of hydrogen-bond acceptors (Lipinski definition) is 4. The predicted octanol–water partition coefficient (Wildman–Crippen LogP) is 1.71. The highest BCUT2D eigenvalue weighted by molar-refractivity contribution is 5.78. The second kappa shape index (κ2) is 8.66. The Labute approximate surface area is 159 Å². The summed E-state index contributed by atoms with van der Waals surface area (Å²) in [6, 6.07) is 5.46. The molecule has 0 radical (unpaired) electrons. The predicted molar refractivity (Wildman–Crippen MR) is 101 cm³/mol. The topological polar surface area (TPSA) is 92.2 Å². The van der Waals surface area contributed by atoms with Crippen molar-refractivity contribution < 1.29 is 9.59 Å². The SMILES string of the molecule is CC(C)C(=O)N1CCC(NC(=O)NCc2cccnc2-n2cccn2)CC1. The van der Waals surface area contributed by atoms with E-state index in [9.17, 15) is 9.59 Å². The van der Waals surface area contributed by atoms with Gasteiger partial charge >= 0.3 is 6.03 Å². The quantitative estimate of drug-likeness (QED) is 0.838.